The van der Waals surface area contributed by atoms with Crippen molar-refractivity contribution in [3.63, 3.8) is 0 Å². The van der Waals surface area contributed by atoms with Crippen molar-refractivity contribution < 1.29 is 9.53 Å². The number of ether oxygens (including phenoxy) is 1. The molecule has 0 radical (unpaired) electrons. The summed E-state index contributed by atoms with van der Waals surface area (Å²) in [7, 11) is 0. The standard InChI is InChI=1S/C15H18N4O2/c20-14-4-5-15(6-8-21-11-15)10-18(14)9-13-17-16-12-3-1-2-7-19(12)13/h1-3,7H,4-6,8-11H2/t15-/m0/s1. The second-order valence-electron chi connectivity index (χ2n) is 6.10. The minimum Gasteiger partial charge on any atom is -0.381 e. The summed E-state index contributed by atoms with van der Waals surface area (Å²) in [6, 6.07) is 5.80. The number of likely N-dealkylation sites (tertiary alicyclic amines) is 1. The third kappa shape index (κ3) is 2.19. The summed E-state index contributed by atoms with van der Waals surface area (Å²) >= 11 is 0. The Hall–Kier alpha value is -1.95. The summed E-state index contributed by atoms with van der Waals surface area (Å²) in [6.07, 6.45) is 4.55. The van der Waals surface area contributed by atoms with Crippen LogP contribution in [0.15, 0.2) is 24.4 Å². The van der Waals surface area contributed by atoms with Crippen LogP contribution in [-0.2, 0) is 16.1 Å². The van der Waals surface area contributed by atoms with Crippen LogP contribution < -0.4 is 0 Å². The van der Waals surface area contributed by atoms with E-state index in [-0.39, 0.29) is 11.3 Å². The van der Waals surface area contributed by atoms with Gasteiger partial charge in [-0.3, -0.25) is 9.20 Å². The van der Waals surface area contributed by atoms with Gasteiger partial charge in [-0.2, -0.15) is 0 Å². The molecule has 2 fully saturated rings. The molecule has 2 saturated heterocycles. The Morgan fingerprint density at radius 3 is 3.10 bits per heavy atom. The molecule has 21 heavy (non-hydrogen) atoms. The topological polar surface area (TPSA) is 59.7 Å². The fourth-order valence-corrected chi connectivity index (χ4v) is 3.39. The van der Waals surface area contributed by atoms with E-state index in [0.29, 0.717) is 13.0 Å². The lowest BCUT2D eigenvalue weighted by molar-refractivity contribution is -0.138. The van der Waals surface area contributed by atoms with E-state index in [2.05, 4.69) is 10.2 Å². The van der Waals surface area contributed by atoms with Gasteiger partial charge in [0.1, 0.15) is 0 Å². The molecule has 0 N–H and O–H groups in total. The molecule has 6 heteroatoms. The van der Waals surface area contributed by atoms with Gasteiger partial charge in [0.2, 0.25) is 5.91 Å². The second-order valence-corrected chi connectivity index (χ2v) is 6.10. The first-order valence-electron chi connectivity index (χ1n) is 7.40. The summed E-state index contributed by atoms with van der Waals surface area (Å²) in [6.45, 7) is 2.88. The number of fused-ring (bicyclic) bond motifs is 1. The van der Waals surface area contributed by atoms with Gasteiger partial charge in [-0.25, -0.2) is 0 Å². The van der Waals surface area contributed by atoms with Crippen molar-refractivity contribution in [1.82, 2.24) is 19.5 Å². The van der Waals surface area contributed by atoms with Crippen LogP contribution in [0.25, 0.3) is 5.65 Å². The van der Waals surface area contributed by atoms with E-state index in [1.165, 1.54) is 0 Å². The molecule has 0 aliphatic carbocycles. The Balaban J connectivity index is 1.59. The summed E-state index contributed by atoms with van der Waals surface area (Å²) in [4.78, 5) is 14.1. The van der Waals surface area contributed by atoms with Gasteiger partial charge in [0.15, 0.2) is 11.5 Å². The minimum absolute atomic E-state index is 0.161. The van der Waals surface area contributed by atoms with Crippen LogP contribution in [0.3, 0.4) is 0 Å². The number of rotatable bonds is 2. The number of carbonyl (C=O) groups is 1. The van der Waals surface area contributed by atoms with Gasteiger partial charge in [-0.15, -0.1) is 10.2 Å². The normalized spacial score (nSPS) is 26.1. The highest BCUT2D eigenvalue weighted by Crippen LogP contribution is 2.38. The second kappa shape index (κ2) is 4.80. The third-order valence-electron chi connectivity index (χ3n) is 4.65. The summed E-state index contributed by atoms with van der Waals surface area (Å²) < 4.78 is 7.50. The number of aromatic nitrogens is 3. The Labute approximate surface area is 122 Å². The van der Waals surface area contributed by atoms with Gasteiger partial charge in [-0.05, 0) is 25.0 Å². The van der Waals surface area contributed by atoms with Crippen molar-refractivity contribution in [2.45, 2.75) is 25.8 Å². The van der Waals surface area contributed by atoms with Crippen LogP contribution >= 0.6 is 0 Å². The first-order valence-corrected chi connectivity index (χ1v) is 7.40. The van der Waals surface area contributed by atoms with E-state index in [0.717, 1.165) is 44.1 Å². The predicted molar refractivity (Wildman–Crippen MR) is 75.5 cm³/mol. The lowest BCUT2D eigenvalue weighted by atomic mass is 9.79. The SMILES string of the molecule is O=C1CC[C@]2(CCOC2)CN1Cc1nnc2ccccn12. The number of piperidine rings is 1. The molecule has 2 aliphatic heterocycles. The number of pyridine rings is 1. The zero-order valence-corrected chi connectivity index (χ0v) is 11.9. The third-order valence-corrected chi connectivity index (χ3v) is 4.65. The van der Waals surface area contributed by atoms with Gasteiger partial charge in [0, 0.05) is 31.2 Å². The first kappa shape index (κ1) is 12.8. The summed E-state index contributed by atoms with van der Waals surface area (Å²) in [5, 5.41) is 8.38. The lowest BCUT2D eigenvalue weighted by Gasteiger charge is -2.38. The molecule has 1 atom stereocenters. The molecule has 4 heterocycles. The van der Waals surface area contributed by atoms with Crippen LogP contribution in [0.4, 0.5) is 0 Å². The number of nitrogens with zero attached hydrogens (tertiary/aromatic N) is 4. The zero-order chi connectivity index (χ0) is 14.3. The van der Waals surface area contributed by atoms with E-state index in [1.807, 2.05) is 33.7 Å². The molecular weight excluding hydrogens is 268 g/mol. The van der Waals surface area contributed by atoms with Gasteiger partial charge >= 0.3 is 0 Å². The molecule has 4 rings (SSSR count). The highest BCUT2D eigenvalue weighted by Gasteiger charge is 2.41. The molecule has 0 unspecified atom stereocenters. The molecule has 2 aliphatic rings. The van der Waals surface area contributed by atoms with Crippen molar-refractivity contribution in [3.8, 4) is 0 Å². The van der Waals surface area contributed by atoms with Crippen molar-refractivity contribution in [3.05, 3.63) is 30.2 Å². The largest absolute Gasteiger partial charge is 0.381 e. The highest BCUT2D eigenvalue weighted by molar-refractivity contribution is 5.77. The molecule has 0 saturated carbocycles. The molecule has 1 amide bonds. The van der Waals surface area contributed by atoms with Crippen molar-refractivity contribution >= 4 is 11.6 Å². The molecule has 1 spiro atoms. The fourth-order valence-electron chi connectivity index (χ4n) is 3.39. The van der Waals surface area contributed by atoms with Crippen LogP contribution in [0.5, 0.6) is 0 Å². The Kier molecular flexibility index (Phi) is 2.92. The molecular formula is C15H18N4O2. The maximum absolute atomic E-state index is 12.2. The van der Waals surface area contributed by atoms with Gasteiger partial charge in [0.25, 0.3) is 0 Å². The van der Waals surface area contributed by atoms with E-state index >= 15 is 0 Å². The number of amides is 1. The number of hydrogen-bond acceptors (Lipinski definition) is 4. The van der Waals surface area contributed by atoms with Crippen LogP contribution in [0, 0.1) is 5.41 Å². The average molecular weight is 286 g/mol. The van der Waals surface area contributed by atoms with E-state index in [4.69, 9.17) is 4.74 Å². The summed E-state index contributed by atoms with van der Waals surface area (Å²) in [5.74, 6) is 1.02. The number of hydrogen-bond donors (Lipinski definition) is 0. The van der Waals surface area contributed by atoms with Crippen LogP contribution in [0.2, 0.25) is 0 Å². The first-order chi connectivity index (χ1) is 10.3. The van der Waals surface area contributed by atoms with Gasteiger partial charge in [-0.1, -0.05) is 6.07 Å². The van der Waals surface area contributed by atoms with Crippen molar-refractivity contribution in [1.29, 1.82) is 0 Å². The zero-order valence-electron chi connectivity index (χ0n) is 11.9. The van der Waals surface area contributed by atoms with E-state index in [9.17, 15) is 4.79 Å². The summed E-state index contributed by atoms with van der Waals surface area (Å²) in [5.41, 5.74) is 0.977. The van der Waals surface area contributed by atoms with Crippen LogP contribution in [0.1, 0.15) is 25.1 Å². The minimum atomic E-state index is 0.161. The average Bonchev–Trinajstić information content (AvgIpc) is 3.12. The van der Waals surface area contributed by atoms with Crippen molar-refractivity contribution in [2.75, 3.05) is 19.8 Å². The lowest BCUT2D eigenvalue weighted by Crippen LogP contribution is -2.46. The Bertz CT molecular complexity index is 675. The molecule has 0 bridgehead atoms. The molecule has 0 aromatic carbocycles. The van der Waals surface area contributed by atoms with Gasteiger partial charge < -0.3 is 9.64 Å². The van der Waals surface area contributed by atoms with Gasteiger partial charge in [0.05, 0.1) is 13.2 Å². The quantitative estimate of drug-likeness (QED) is 0.834. The molecule has 2 aromatic heterocycles. The Morgan fingerprint density at radius 1 is 1.29 bits per heavy atom. The Morgan fingerprint density at radius 2 is 2.24 bits per heavy atom. The van der Waals surface area contributed by atoms with E-state index in [1.54, 1.807) is 0 Å². The molecule has 110 valence electrons. The molecule has 2 aromatic rings. The monoisotopic (exact) mass is 286 g/mol. The predicted octanol–water partition coefficient (Wildman–Crippen LogP) is 1.26. The fraction of sp³-hybridized carbons (Fsp3) is 0.533. The maximum atomic E-state index is 12.2. The highest BCUT2D eigenvalue weighted by atomic mass is 16.5. The molecule has 6 nitrogen and oxygen atoms in total. The van der Waals surface area contributed by atoms with Crippen LogP contribution in [-0.4, -0.2) is 45.2 Å². The number of carbonyl (C=O) groups excluding carboxylic acids is 1. The smallest absolute Gasteiger partial charge is 0.223 e. The maximum Gasteiger partial charge on any atom is 0.223 e. The van der Waals surface area contributed by atoms with E-state index < -0.39 is 0 Å². The van der Waals surface area contributed by atoms with Crippen molar-refractivity contribution in [2.24, 2.45) is 5.41 Å².